The van der Waals surface area contributed by atoms with Crippen LogP contribution in [0.2, 0.25) is 0 Å². The lowest BCUT2D eigenvalue weighted by atomic mass is 9.98. The Morgan fingerprint density at radius 2 is 1.80 bits per heavy atom. The number of aliphatic carboxylic acids is 1. The predicted octanol–water partition coefficient (Wildman–Crippen LogP) is 2.81. The minimum Gasteiger partial charge on any atom is -0.481 e. The van der Waals surface area contributed by atoms with Crippen molar-refractivity contribution >= 4 is 12.0 Å². The van der Waals surface area contributed by atoms with Crippen LogP contribution in [0.1, 0.15) is 52.4 Å². The Balaban J connectivity index is 2.59. The van der Waals surface area contributed by atoms with Gasteiger partial charge in [0.05, 0.1) is 5.92 Å². The Labute approximate surface area is 121 Å². The first kappa shape index (κ1) is 16.8. The Hall–Kier alpha value is -1.26. The largest absolute Gasteiger partial charge is 0.481 e. The third kappa shape index (κ3) is 5.02. The first-order valence-electron chi connectivity index (χ1n) is 7.86. The van der Waals surface area contributed by atoms with Crippen molar-refractivity contribution in [2.45, 2.75) is 52.4 Å². The van der Waals surface area contributed by atoms with Gasteiger partial charge in [-0.25, -0.2) is 4.79 Å². The molecular formula is C15H28N2O3. The molecule has 1 saturated heterocycles. The van der Waals surface area contributed by atoms with Crippen molar-refractivity contribution in [3.8, 4) is 0 Å². The maximum Gasteiger partial charge on any atom is 0.320 e. The van der Waals surface area contributed by atoms with Crippen molar-refractivity contribution in [2.24, 2.45) is 5.92 Å². The van der Waals surface area contributed by atoms with Gasteiger partial charge in [-0.15, -0.1) is 0 Å². The first-order valence-corrected chi connectivity index (χ1v) is 7.86. The van der Waals surface area contributed by atoms with E-state index >= 15 is 0 Å². The maximum atomic E-state index is 12.5. The van der Waals surface area contributed by atoms with E-state index in [9.17, 15) is 9.59 Å². The van der Waals surface area contributed by atoms with Gasteiger partial charge in [0.15, 0.2) is 0 Å². The molecule has 1 heterocycles. The Morgan fingerprint density at radius 3 is 2.30 bits per heavy atom. The molecule has 1 aliphatic heterocycles. The number of rotatable bonds is 7. The smallest absolute Gasteiger partial charge is 0.320 e. The van der Waals surface area contributed by atoms with Crippen LogP contribution >= 0.6 is 0 Å². The zero-order valence-electron chi connectivity index (χ0n) is 12.8. The Bertz CT molecular complexity index is 312. The molecule has 2 amide bonds. The second-order valence-corrected chi connectivity index (χ2v) is 5.60. The van der Waals surface area contributed by atoms with E-state index in [1.54, 1.807) is 4.90 Å². The van der Waals surface area contributed by atoms with Crippen molar-refractivity contribution in [1.82, 2.24) is 9.80 Å². The summed E-state index contributed by atoms with van der Waals surface area (Å²) in [6.07, 6.45) is 5.61. The molecule has 0 aromatic carbocycles. The maximum absolute atomic E-state index is 12.5. The molecular weight excluding hydrogens is 256 g/mol. The van der Waals surface area contributed by atoms with E-state index in [-0.39, 0.29) is 6.03 Å². The Morgan fingerprint density at radius 1 is 1.20 bits per heavy atom. The molecule has 1 atom stereocenters. The van der Waals surface area contributed by atoms with Gasteiger partial charge in [0.1, 0.15) is 0 Å². The number of carbonyl (C=O) groups is 2. The summed E-state index contributed by atoms with van der Waals surface area (Å²) in [5.41, 5.74) is 0. The summed E-state index contributed by atoms with van der Waals surface area (Å²) < 4.78 is 0. The first-order chi connectivity index (χ1) is 9.60. The van der Waals surface area contributed by atoms with Gasteiger partial charge < -0.3 is 14.9 Å². The van der Waals surface area contributed by atoms with Gasteiger partial charge in [-0.2, -0.15) is 0 Å². The molecule has 1 fully saturated rings. The van der Waals surface area contributed by atoms with Crippen LogP contribution in [0.3, 0.4) is 0 Å². The number of urea groups is 1. The summed E-state index contributed by atoms with van der Waals surface area (Å²) in [7, 11) is 0. The van der Waals surface area contributed by atoms with Crippen molar-refractivity contribution < 1.29 is 14.7 Å². The van der Waals surface area contributed by atoms with E-state index in [4.69, 9.17) is 5.11 Å². The minimum absolute atomic E-state index is 0.0258. The van der Waals surface area contributed by atoms with Crippen LogP contribution < -0.4 is 0 Å². The van der Waals surface area contributed by atoms with Crippen LogP contribution in [-0.2, 0) is 4.79 Å². The van der Waals surface area contributed by atoms with E-state index in [2.05, 4.69) is 13.8 Å². The third-order valence-electron chi connectivity index (χ3n) is 3.87. The molecule has 0 radical (unpaired) electrons. The quantitative estimate of drug-likeness (QED) is 0.782. The van der Waals surface area contributed by atoms with E-state index in [0.717, 1.165) is 45.2 Å². The fraction of sp³-hybridized carbons (Fsp3) is 0.867. The summed E-state index contributed by atoms with van der Waals surface area (Å²) in [5, 5.41) is 9.11. The summed E-state index contributed by atoms with van der Waals surface area (Å²) in [4.78, 5) is 27.3. The lowest BCUT2D eigenvalue weighted by molar-refractivity contribution is -0.143. The number of unbranched alkanes of at least 4 members (excludes halogenated alkanes) is 2. The molecule has 5 nitrogen and oxygen atoms in total. The van der Waals surface area contributed by atoms with Gasteiger partial charge in [-0.1, -0.05) is 26.7 Å². The highest BCUT2D eigenvalue weighted by atomic mass is 16.4. The molecule has 0 aliphatic carbocycles. The van der Waals surface area contributed by atoms with Gasteiger partial charge in [0, 0.05) is 26.2 Å². The van der Waals surface area contributed by atoms with Crippen molar-refractivity contribution in [3.63, 3.8) is 0 Å². The number of carboxylic acids is 1. The van der Waals surface area contributed by atoms with Gasteiger partial charge in [0.2, 0.25) is 0 Å². The molecule has 1 aliphatic rings. The molecule has 0 spiro atoms. The highest BCUT2D eigenvalue weighted by Gasteiger charge is 2.30. The lowest BCUT2D eigenvalue weighted by Crippen LogP contribution is -2.49. The molecule has 1 rings (SSSR count). The number of hydrogen-bond donors (Lipinski definition) is 1. The number of carboxylic acid groups (broad SMARTS) is 1. The number of hydrogen-bond acceptors (Lipinski definition) is 2. The third-order valence-corrected chi connectivity index (χ3v) is 3.87. The lowest BCUT2D eigenvalue weighted by Gasteiger charge is -2.35. The molecule has 0 bridgehead atoms. The van der Waals surface area contributed by atoms with Crippen LogP contribution in [0.25, 0.3) is 0 Å². The average molecular weight is 284 g/mol. The second kappa shape index (κ2) is 8.82. The number of likely N-dealkylation sites (tertiary alicyclic amines) is 1. The van der Waals surface area contributed by atoms with Gasteiger partial charge in [-0.3, -0.25) is 4.79 Å². The summed E-state index contributed by atoms with van der Waals surface area (Å²) in [6.45, 7) is 6.85. The standard InChI is InChI=1S/C15H28N2O3/c1-3-5-9-16(10-6-4-2)15(20)17-11-7-8-13(12-17)14(18)19/h13H,3-12H2,1-2H3,(H,18,19). The number of carbonyl (C=O) groups excluding carboxylic acids is 1. The predicted molar refractivity (Wildman–Crippen MR) is 78.7 cm³/mol. The van der Waals surface area contributed by atoms with Crippen molar-refractivity contribution in [1.29, 1.82) is 0 Å². The molecule has 0 aromatic heterocycles. The molecule has 0 aromatic rings. The SMILES string of the molecule is CCCCN(CCCC)C(=O)N1CCCC(C(=O)O)C1. The van der Waals surface area contributed by atoms with Gasteiger partial charge in [0.25, 0.3) is 0 Å². The second-order valence-electron chi connectivity index (χ2n) is 5.60. The monoisotopic (exact) mass is 284 g/mol. The Kier molecular flexibility index (Phi) is 7.41. The molecule has 116 valence electrons. The number of nitrogens with zero attached hydrogens (tertiary/aromatic N) is 2. The van der Waals surface area contributed by atoms with Crippen LogP contribution in [-0.4, -0.2) is 53.1 Å². The van der Waals surface area contributed by atoms with E-state index in [1.807, 2.05) is 4.90 Å². The van der Waals surface area contributed by atoms with Crippen LogP contribution in [0.4, 0.5) is 4.79 Å². The summed E-state index contributed by atoms with van der Waals surface area (Å²) in [6, 6.07) is 0.0258. The summed E-state index contributed by atoms with van der Waals surface area (Å²) in [5.74, 6) is -1.18. The average Bonchev–Trinajstić information content (AvgIpc) is 2.47. The zero-order valence-corrected chi connectivity index (χ0v) is 12.8. The summed E-state index contributed by atoms with van der Waals surface area (Å²) >= 11 is 0. The van der Waals surface area contributed by atoms with Crippen molar-refractivity contribution in [2.75, 3.05) is 26.2 Å². The minimum atomic E-state index is -0.781. The van der Waals surface area contributed by atoms with Gasteiger partial charge in [-0.05, 0) is 25.7 Å². The number of amides is 2. The van der Waals surface area contributed by atoms with Crippen LogP contribution in [0.5, 0.6) is 0 Å². The van der Waals surface area contributed by atoms with Crippen molar-refractivity contribution in [3.05, 3.63) is 0 Å². The van der Waals surface area contributed by atoms with Crippen LogP contribution in [0.15, 0.2) is 0 Å². The van der Waals surface area contributed by atoms with E-state index in [1.165, 1.54) is 0 Å². The van der Waals surface area contributed by atoms with Gasteiger partial charge >= 0.3 is 12.0 Å². The molecule has 20 heavy (non-hydrogen) atoms. The normalized spacial score (nSPS) is 18.9. The highest BCUT2D eigenvalue weighted by molar-refractivity contribution is 5.76. The van der Waals surface area contributed by atoms with Crippen LogP contribution in [0, 0.1) is 5.92 Å². The molecule has 1 unspecified atom stereocenters. The number of piperidine rings is 1. The zero-order chi connectivity index (χ0) is 15.0. The molecule has 1 N–H and O–H groups in total. The van der Waals surface area contributed by atoms with E-state index in [0.29, 0.717) is 19.5 Å². The fourth-order valence-electron chi connectivity index (χ4n) is 2.55. The van der Waals surface area contributed by atoms with E-state index < -0.39 is 11.9 Å². The topological polar surface area (TPSA) is 60.9 Å². The molecule has 0 saturated carbocycles. The highest BCUT2D eigenvalue weighted by Crippen LogP contribution is 2.18. The molecule has 5 heteroatoms. The fourth-order valence-corrected chi connectivity index (χ4v) is 2.55.